The fourth-order valence-corrected chi connectivity index (χ4v) is 5.32. The van der Waals surface area contributed by atoms with Crippen LogP contribution in [0.2, 0.25) is 0 Å². The third kappa shape index (κ3) is 33.4. The van der Waals surface area contributed by atoms with Crippen LogP contribution >= 0.6 is 0 Å². The van der Waals surface area contributed by atoms with Crippen LogP contribution in [0.1, 0.15) is 207 Å². The van der Waals surface area contributed by atoms with Crippen molar-refractivity contribution in [3.05, 3.63) is 0 Å². The molecule has 0 rings (SSSR count). The maximum absolute atomic E-state index is 11.8. The van der Waals surface area contributed by atoms with Crippen LogP contribution in [0.5, 0.6) is 0 Å². The van der Waals surface area contributed by atoms with Crippen molar-refractivity contribution in [3.63, 3.8) is 0 Å². The largest absolute Gasteiger partial charge is 0.466 e. The molecule has 0 amide bonds. The number of carbonyl (C=O) groups is 1. The zero-order chi connectivity index (χ0) is 27.1. The van der Waals surface area contributed by atoms with Crippen molar-refractivity contribution in [2.45, 2.75) is 207 Å². The van der Waals surface area contributed by atoms with E-state index in [1.165, 1.54) is 167 Å². The van der Waals surface area contributed by atoms with Crippen LogP contribution in [-0.4, -0.2) is 12.6 Å². The van der Waals surface area contributed by atoms with E-state index in [1.807, 2.05) is 0 Å². The van der Waals surface area contributed by atoms with Crippen LogP contribution < -0.4 is 0 Å². The molecule has 0 radical (unpaired) electrons. The topological polar surface area (TPSA) is 26.3 Å². The van der Waals surface area contributed by atoms with Gasteiger partial charge in [-0.25, -0.2) is 0 Å². The SMILES string of the molecule is CCCCCCCCCCCC(=O)OCCCCCCCCCCCCCCCCCCCCC(C)C. The molecule has 2 nitrogen and oxygen atoms in total. The third-order valence-corrected chi connectivity index (χ3v) is 7.92. The van der Waals surface area contributed by atoms with Crippen LogP contribution in [0.25, 0.3) is 0 Å². The van der Waals surface area contributed by atoms with Gasteiger partial charge in [-0.2, -0.15) is 0 Å². The zero-order valence-corrected chi connectivity index (χ0v) is 26.1. The molecule has 0 aliphatic heterocycles. The van der Waals surface area contributed by atoms with Gasteiger partial charge in [-0.3, -0.25) is 4.79 Å². The highest BCUT2D eigenvalue weighted by Gasteiger charge is 2.03. The van der Waals surface area contributed by atoms with Crippen molar-refractivity contribution < 1.29 is 9.53 Å². The number of ether oxygens (including phenoxy) is 1. The summed E-state index contributed by atoms with van der Waals surface area (Å²) in [5.74, 6) is 0.906. The Kier molecular flexibility index (Phi) is 31.2. The minimum absolute atomic E-state index is 0.0236. The van der Waals surface area contributed by atoms with Crippen molar-refractivity contribution in [3.8, 4) is 0 Å². The molecule has 0 spiro atoms. The van der Waals surface area contributed by atoms with Gasteiger partial charge in [0.05, 0.1) is 6.61 Å². The number of carbonyl (C=O) groups excluding carboxylic acids is 1. The van der Waals surface area contributed by atoms with E-state index in [0.29, 0.717) is 13.0 Å². The summed E-state index contributed by atoms with van der Waals surface area (Å²) in [5.41, 5.74) is 0. The first-order valence-electron chi connectivity index (χ1n) is 17.3. The molecule has 0 aliphatic carbocycles. The summed E-state index contributed by atoms with van der Waals surface area (Å²) in [5, 5.41) is 0. The lowest BCUT2D eigenvalue weighted by Crippen LogP contribution is -2.05. The Labute approximate surface area is 234 Å². The lowest BCUT2D eigenvalue weighted by molar-refractivity contribution is -0.143. The highest BCUT2D eigenvalue weighted by atomic mass is 16.5. The molecule has 0 aliphatic rings. The van der Waals surface area contributed by atoms with E-state index in [9.17, 15) is 4.79 Å². The van der Waals surface area contributed by atoms with E-state index in [1.54, 1.807) is 0 Å². The maximum atomic E-state index is 11.8. The molecule has 0 aromatic rings. The molecule has 0 bridgehead atoms. The predicted molar refractivity (Wildman–Crippen MR) is 165 cm³/mol. The average Bonchev–Trinajstić information content (AvgIpc) is 2.88. The first-order valence-corrected chi connectivity index (χ1v) is 17.3. The zero-order valence-electron chi connectivity index (χ0n) is 26.1. The number of hydrogen-bond acceptors (Lipinski definition) is 2. The monoisotopic (exact) mass is 523 g/mol. The molecule has 0 aromatic heterocycles. The van der Waals surface area contributed by atoms with E-state index >= 15 is 0 Å². The predicted octanol–water partition coefficient (Wildman–Crippen LogP) is 12.5. The van der Waals surface area contributed by atoms with Gasteiger partial charge >= 0.3 is 5.97 Å². The highest BCUT2D eigenvalue weighted by molar-refractivity contribution is 5.69. The minimum atomic E-state index is 0.0236. The quantitative estimate of drug-likeness (QED) is 0.0668. The van der Waals surface area contributed by atoms with E-state index in [0.717, 1.165) is 18.8 Å². The van der Waals surface area contributed by atoms with E-state index in [4.69, 9.17) is 4.74 Å². The van der Waals surface area contributed by atoms with Gasteiger partial charge in [-0.05, 0) is 18.8 Å². The Morgan fingerprint density at radius 3 is 1.16 bits per heavy atom. The van der Waals surface area contributed by atoms with Gasteiger partial charge in [0.15, 0.2) is 0 Å². The molecule has 0 atom stereocenters. The highest BCUT2D eigenvalue weighted by Crippen LogP contribution is 2.16. The van der Waals surface area contributed by atoms with Gasteiger partial charge in [0.25, 0.3) is 0 Å². The molecule has 0 saturated carbocycles. The Morgan fingerprint density at radius 1 is 0.459 bits per heavy atom. The fraction of sp³-hybridized carbons (Fsp3) is 0.971. The number of unbranched alkanes of at least 4 members (excludes halogenated alkanes) is 25. The van der Waals surface area contributed by atoms with Gasteiger partial charge < -0.3 is 4.74 Å². The Balaban J connectivity index is 3.12. The van der Waals surface area contributed by atoms with Gasteiger partial charge in [0, 0.05) is 6.42 Å². The summed E-state index contributed by atoms with van der Waals surface area (Å²) in [6.07, 6.45) is 38.8. The molecule has 0 N–H and O–H groups in total. The van der Waals surface area contributed by atoms with Gasteiger partial charge in [-0.1, -0.05) is 188 Å². The molecular formula is C35H70O2. The average molecular weight is 523 g/mol. The first kappa shape index (κ1) is 36.5. The summed E-state index contributed by atoms with van der Waals surface area (Å²) in [6, 6.07) is 0. The second kappa shape index (κ2) is 31.7. The molecule has 0 heterocycles. The molecule has 222 valence electrons. The van der Waals surface area contributed by atoms with E-state index in [-0.39, 0.29) is 5.97 Å². The van der Waals surface area contributed by atoms with Crippen molar-refractivity contribution in [2.24, 2.45) is 5.92 Å². The lowest BCUT2D eigenvalue weighted by Gasteiger charge is -2.06. The Bertz CT molecular complexity index is 431. The smallest absolute Gasteiger partial charge is 0.305 e. The summed E-state index contributed by atoms with van der Waals surface area (Å²) in [7, 11) is 0. The number of rotatable bonds is 31. The fourth-order valence-electron chi connectivity index (χ4n) is 5.32. The van der Waals surface area contributed by atoms with Gasteiger partial charge in [0.1, 0.15) is 0 Å². The molecule has 37 heavy (non-hydrogen) atoms. The van der Waals surface area contributed by atoms with E-state index in [2.05, 4.69) is 20.8 Å². The summed E-state index contributed by atoms with van der Waals surface area (Å²) in [4.78, 5) is 11.8. The normalized spacial score (nSPS) is 11.5. The maximum Gasteiger partial charge on any atom is 0.305 e. The second-order valence-electron chi connectivity index (χ2n) is 12.3. The van der Waals surface area contributed by atoms with Crippen LogP contribution in [0, 0.1) is 5.92 Å². The Hall–Kier alpha value is -0.530. The Morgan fingerprint density at radius 2 is 0.784 bits per heavy atom. The standard InChI is InChI=1S/C35H70O2/c1-4-5-6-7-8-19-23-26-29-32-35(36)37-33-30-27-24-21-18-16-14-12-10-9-11-13-15-17-20-22-25-28-31-34(2)3/h34H,4-33H2,1-3H3. The molecular weight excluding hydrogens is 452 g/mol. The van der Waals surface area contributed by atoms with Gasteiger partial charge in [-0.15, -0.1) is 0 Å². The lowest BCUT2D eigenvalue weighted by atomic mass is 10.0. The molecule has 0 aromatic carbocycles. The van der Waals surface area contributed by atoms with Crippen LogP contribution in [0.15, 0.2) is 0 Å². The second-order valence-corrected chi connectivity index (χ2v) is 12.3. The van der Waals surface area contributed by atoms with Crippen LogP contribution in [0.4, 0.5) is 0 Å². The van der Waals surface area contributed by atoms with Crippen molar-refractivity contribution >= 4 is 5.97 Å². The van der Waals surface area contributed by atoms with E-state index < -0.39 is 0 Å². The van der Waals surface area contributed by atoms with Crippen LogP contribution in [0.3, 0.4) is 0 Å². The third-order valence-electron chi connectivity index (χ3n) is 7.92. The van der Waals surface area contributed by atoms with Crippen molar-refractivity contribution in [2.75, 3.05) is 6.61 Å². The number of esters is 1. The van der Waals surface area contributed by atoms with Crippen molar-refractivity contribution in [1.82, 2.24) is 0 Å². The van der Waals surface area contributed by atoms with Crippen LogP contribution in [-0.2, 0) is 9.53 Å². The minimum Gasteiger partial charge on any atom is -0.466 e. The summed E-state index contributed by atoms with van der Waals surface area (Å²) in [6.45, 7) is 7.57. The first-order chi connectivity index (χ1) is 18.2. The summed E-state index contributed by atoms with van der Waals surface area (Å²) < 4.78 is 5.42. The van der Waals surface area contributed by atoms with Gasteiger partial charge in [0.2, 0.25) is 0 Å². The number of hydrogen-bond donors (Lipinski definition) is 0. The molecule has 0 saturated heterocycles. The molecule has 0 unspecified atom stereocenters. The molecule has 0 fully saturated rings. The summed E-state index contributed by atoms with van der Waals surface area (Å²) >= 11 is 0. The van der Waals surface area contributed by atoms with Crippen molar-refractivity contribution in [1.29, 1.82) is 0 Å². The molecule has 2 heteroatoms.